The minimum atomic E-state index is -1.02. The van der Waals surface area contributed by atoms with Crippen LogP contribution in [0.3, 0.4) is 0 Å². The lowest BCUT2D eigenvalue weighted by Gasteiger charge is -2.04. The largest absolute Gasteiger partial charge is 1.00 e. The number of carbonyl (C=O) groups excluding carboxylic acids is 1. The van der Waals surface area contributed by atoms with E-state index in [1.54, 1.807) is 25.6 Å². The Kier molecular flexibility index (Phi) is 13.0. The van der Waals surface area contributed by atoms with Crippen molar-refractivity contribution in [2.24, 2.45) is 28.1 Å². The molecule has 0 rings (SSSR count). The Hall–Kier alpha value is -1.77. The fourth-order valence-electron chi connectivity index (χ4n) is 0.350. The first-order valence-corrected chi connectivity index (χ1v) is 4.61. The zero-order valence-corrected chi connectivity index (χ0v) is 10.5. The highest BCUT2D eigenvalue weighted by Gasteiger charge is 1.98. The van der Waals surface area contributed by atoms with Crippen molar-refractivity contribution in [3.05, 3.63) is 0 Å². The minimum Gasteiger partial charge on any atom is -1.00 e. The van der Waals surface area contributed by atoms with Gasteiger partial charge in [0.1, 0.15) is 0 Å². The Morgan fingerprint density at radius 2 is 1.82 bits per heavy atom. The topological polar surface area (TPSA) is 161 Å². The van der Waals surface area contributed by atoms with Crippen molar-refractivity contribution in [3.8, 4) is 0 Å². The quantitative estimate of drug-likeness (QED) is 0.165. The van der Waals surface area contributed by atoms with E-state index in [2.05, 4.69) is 10.7 Å². The molecular formula is C8H21BN6O2. The molecule has 8 nitrogen and oxygen atoms in total. The summed E-state index contributed by atoms with van der Waals surface area (Å²) in [5.41, 5.74) is 18.8. The van der Waals surface area contributed by atoms with Gasteiger partial charge in [-0.05, 0) is 4.99 Å². The molecule has 0 saturated carbocycles. The number of rotatable bonds is 2. The van der Waals surface area contributed by atoms with Gasteiger partial charge in [-0.15, -0.1) is 0 Å². The lowest BCUT2D eigenvalue weighted by atomic mass is 10.2. The number of aliphatic imine (C=N–C) groups is 1. The first kappa shape index (κ1) is 20.6. The highest BCUT2D eigenvalue weighted by atomic mass is 16.4. The number of nitrogens with zero attached hydrogens (tertiary/aromatic N) is 2. The first-order valence-electron chi connectivity index (χ1n) is 4.61. The van der Waals surface area contributed by atoms with Gasteiger partial charge in [-0.3, -0.25) is 10.3 Å². The number of guanidine groups is 2. The summed E-state index contributed by atoms with van der Waals surface area (Å²) in [6.45, 7) is 1.98. The summed E-state index contributed by atoms with van der Waals surface area (Å²) in [5.74, 6) is -1.15. The third-order valence-corrected chi connectivity index (χ3v) is 1.54. The van der Waals surface area contributed by atoms with Crippen LogP contribution in [0.15, 0.2) is 4.99 Å². The maximum atomic E-state index is 9.78. The molecule has 0 heterocycles. The molecular weight excluding hydrogens is 223 g/mol. The maximum Gasteiger partial charge on any atom is 0.387 e. The van der Waals surface area contributed by atoms with Crippen molar-refractivity contribution in [1.29, 1.82) is 0 Å². The van der Waals surface area contributed by atoms with E-state index in [-0.39, 0.29) is 14.4 Å². The molecule has 1 unspecified atom stereocenters. The van der Waals surface area contributed by atoms with Gasteiger partial charge in [-0.1, -0.05) is 6.92 Å². The molecule has 0 aliphatic carbocycles. The number of aliphatic carboxylic acids is 1. The van der Waals surface area contributed by atoms with Gasteiger partial charge in [0.25, 0.3) is 5.96 Å². The molecule has 98 valence electrons. The molecule has 0 spiro atoms. The zero-order valence-electron chi connectivity index (χ0n) is 10.5. The van der Waals surface area contributed by atoms with E-state index in [1.807, 2.05) is 0 Å². The molecule has 4 radical (unpaired) electrons. The monoisotopic (exact) mass is 244 g/mol. The summed E-state index contributed by atoms with van der Waals surface area (Å²) in [6, 6.07) is 0. The smallest absolute Gasteiger partial charge is 0.387 e. The number of nitrogens with two attached hydrogens (primary N) is 3. The molecule has 9 N–H and O–H groups in total. The lowest BCUT2D eigenvalue weighted by molar-refractivity contribution is -0.466. The van der Waals surface area contributed by atoms with Gasteiger partial charge < -0.3 is 35.5 Å². The van der Waals surface area contributed by atoms with Crippen molar-refractivity contribution in [2.45, 2.75) is 6.92 Å². The summed E-state index contributed by atoms with van der Waals surface area (Å²) >= 11 is 0. The van der Waals surface area contributed by atoms with Crippen LogP contribution in [0, 0.1) is 5.92 Å². The van der Waals surface area contributed by atoms with Gasteiger partial charge in [0.15, 0.2) is 0 Å². The van der Waals surface area contributed by atoms with E-state index < -0.39 is 11.9 Å². The molecule has 0 saturated heterocycles. The number of carbonyl (C=O) groups is 1. The van der Waals surface area contributed by atoms with Crippen molar-refractivity contribution in [3.63, 3.8) is 0 Å². The van der Waals surface area contributed by atoms with Gasteiger partial charge in [-0.25, -0.2) is 0 Å². The van der Waals surface area contributed by atoms with Gasteiger partial charge >= 0.3 is 5.96 Å². The van der Waals surface area contributed by atoms with Crippen molar-refractivity contribution in [1.82, 2.24) is 0 Å². The van der Waals surface area contributed by atoms with Crippen LogP contribution in [0.4, 0.5) is 0 Å². The van der Waals surface area contributed by atoms with E-state index in [0.29, 0.717) is 12.5 Å². The summed E-state index contributed by atoms with van der Waals surface area (Å²) in [5, 5.41) is 9.78. The number of hydrogen-bond donors (Lipinski definition) is 4. The molecule has 0 bridgehead atoms. The van der Waals surface area contributed by atoms with Crippen molar-refractivity contribution >= 4 is 26.3 Å². The molecule has 0 aliphatic rings. The molecule has 0 aromatic carbocycles. The van der Waals surface area contributed by atoms with E-state index in [1.165, 1.54) is 0 Å². The number of carboxylic acids is 1. The second kappa shape index (κ2) is 10.7. The summed E-state index contributed by atoms with van der Waals surface area (Å²) < 4.78 is 1.61. The van der Waals surface area contributed by atoms with Crippen LogP contribution in [0.25, 0.3) is 0 Å². The molecule has 17 heavy (non-hydrogen) atoms. The molecule has 0 aromatic heterocycles. The van der Waals surface area contributed by atoms with Crippen LogP contribution >= 0.6 is 0 Å². The summed E-state index contributed by atoms with van der Waals surface area (Å²) in [4.78, 5) is 13.3. The SMILES string of the molecule is CC(C[NH3+])C(=O)[O-].C[N+](C)=C(N)N=C(N)N.[B-]. The Balaban J connectivity index is -0.000000224. The average molecular weight is 244 g/mol. The predicted octanol–water partition coefficient (Wildman–Crippen LogP) is -4.92. The van der Waals surface area contributed by atoms with E-state index in [4.69, 9.17) is 17.2 Å². The predicted molar refractivity (Wildman–Crippen MR) is 64.8 cm³/mol. The third kappa shape index (κ3) is 14.2. The fraction of sp³-hybridized carbons (Fsp3) is 0.625. The molecule has 0 amide bonds. The minimum absolute atomic E-state index is 0. The molecule has 0 fully saturated rings. The first-order chi connectivity index (χ1) is 7.22. The highest BCUT2D eigenvalue weighted by Crippen LogP contribution is 1.82. The number of carboxylic acid groups (broad SMARTS) is 1. The van der Waals surface area contributed by atoms with E-state index in [0.717, 1.165) is 0 Å². The van der Waals surface area contributed by atoms with Crippen LogP contribution in [0.5, 0.6) is 0 Å². The number of quaternary nitrogens is 1. The van der Waals surface area contributed by atoms with Gasteiger partial charge in [0.2, 0.25) is 0 Å². The van der Waals surface area contributed by atoms with Gasteiger partial charge in [-0.2, -0.15) is 0 Å². The second-order valence-electron chi connectivity index (χ2n) is 3.30. The normalized spacial score (nSPS) is 9.88. The van der Waals surface area contributed by atoms with Crippen LogP contribution in [-0.4, -0.2) is 51.5 Å². The zero-order chi connectivity index (χ0) is 13.3. The van der Waals surface area contributed by atoms with Crippen molar-refractivity contribution < 1.29 is 20.2 Å². The average Bonchev–Trinajstić information content (AvgIpc) is 2.16. The Bertz CT molecular complexity index is 284. The Labute approximate surface area is 103 Å². The van der Waals surface area contributed by atoms with Crippen molar-refractivity contribution in [2.75, 3.05) is 20.6 Å². The molecule has 9 heteroatoms. The highest BCUT2D eigenvalue weighted by molar-refractivity contribution is 5.89. The third-order valence-electron chi connectivity index (χ3n) is 1.54. The van der Waals surface area contributed by atoms with Crippen LogP contribution < -0.4 is 28.0 Å². The van der Waals surface area contributed by atoms with Gasteiger partial charge in [0.05, 0.1) is 20.6 Å². The second-order valence-corrected chi connectivity index (χ2v) is 3.30. The summed E-state index contributed by atoms with van der Waals surface area (Å²) in [7, 11) is 3.50. The van der Waals surface area contributed by atoms with E-state index in [9.17, 15) is 9.90 Å². The standard InChI is InChI=1S/C4H11N5.C4H9NO2.B/c1-9(2)4(7)8-3(5)6;1-3(2-5)4(6)7;/h1-2H3,(H5,5,6,7,8);3H,2,5H2,1H3,(H,6,7);/q;;-1/p+1. The van der Waals surface area contributed by atoms with Crippen LogP contribution in [0.2, 0.25) is 0 Å². The maximum absolute atomic E-state index is 9.78. The Morgan fingerprint density at radius 3 is 1.88 bits per heavy atom. The summed E-state index contributed by atoms with van der Waals surface area (Å²) in [6.07, 6.45) is 0. The fourth-order valence-corrected chi connectivity index (χ4v) is 0.350. The molecule has 1 atom stereocenters. The molecule has 0 aliphatic heterocycles. The Morgan fingerprint density at radius 1 is 1.41 bits per heavy atom. The lowest BCUT2D eigenvalue weighted by Crippen LogP contribution is -2.56. The van der Waals surface area contributed by atoms with Crippen LogP contribution in [-0.2, 0) is 4.79 Å². The van der Waals surface area contributed by atoms with E-state index >= 15 is 0 Å². The van der Waals surface area contributed by atoms with Crippen LogP contribution in [0.1, 0.15) is 6.92 Å². The van der Waals surface area contributed by atoms with Gasteiger partial charge in [0, 0.05) is 11.9 Å². The number of hydrogen-bond acceptors (Lipinski definition) is 2. The molecule has 0 aromatic rings.